The Balaban J connectivity index is 1.72. The van der Waals surface area contributed by atoms with Crippen LogP contribution in [0.1, 0.15) is 62.8 Å². The summed E-state index contributed by atoms with van der Waals surface area (Å²) in [5.74, 6) is -1.79. The van der Waals surface area contributed by atoms with Gasteiger partial charge in [-0.1, -0.05) is 20.8 Å². The molecule has 36 heavy (non-hydrogen) atoms. The number of amides is 1. The van der Waals surface area contributed by atoms with E-state index in [2.05, 4.69) is 4.99 Å². The van der Waals surface area contributed by atoms with Crippen molar-refractivity contribution in [2.45, 2.75) is 69.9 Å². The Hall–Kier alpha value is -2.85. The average Bonchev–Trinajstić information content (AvgIpc) is 2.82. The summed E-state index contributed by atoms with van der Waals surface area (Å²) in [7, 11) is 1.39. The molecule has 0 radical (unpaired) electrons. The molecule has 2 heterocycles. The van der Waals surface area contributed by atoms with Crippen LogP contribution in [0.2, 0.25) is 0 Å². The van der Waals surface area contributed by atoms with Crippen LogP contribution in [-0.4, -0.2) is 69.7 Å². The molecule has 2 atom stereocenters. The number of benzene rings is 1. The van der Waals surface area contributed by atoms with E-state index in [4.69, 9.17) is 9.47 Å². The monoisotopic (exact) mass is 516 g/mol. The van der Waals surface area contributed by atoms with Crippen LogP contribution in [0.25, 0.3) is 0 Å². The summed E-state index contributed by atoms with van der Waals surface area (Å²) in [6.07, 6.45) is 5.22. The van der Waals surface area contributed by atoms with Crippen LogP contribution in [0.5, 0.6) is 5.75 Å². The lowest BCUT2D eigenvalue weighted by Crippen LogP contribution is -2.73. The van der Waals surface area contributed by atoms with Gasteiger partial charge >= 0.3 is 11.9 Å². The molecule has 1 amide bonds. The zero-order valence-electron chi connectivity index (χ0n) is 21.2. The van der Waals surface area contributed by atoms with Crippen LogP contribution in [0, 0.1) is 0 Å². The zero-order valence-corrected chi connectivity index (χ0v) is 22.0. The Morgan fingerprint density at radius 2 is 1.94 bits per heavy atom. The highest BCUT2D eigenvalue weighted by Gasteiger charge is 2.66. The van der Waals surface area contributed by atoms with Gasteiger partial charge in [0.25, 0.3) is 11.6 Å². The third-order valence-electron chi connectivity index (χ3n) is 6.91. The molecule has 1 fully saturated rings. The Bertz CT molecular complexity index is 1180. The molecule has 194 valence electrons. The smallest absolute Gasteiger partial charge is 0.352 e. The van der Waals surface area contributed by atoms with Crippen molar-refractivity contribution < 1.29 is 34.1 Å². The number of phenols is 1. The van der Waals surface area contributed by atoms with Gasteiger partial charge in [0.15, 0.2) is 0 Å². The standard InChI is InChI=1S/C26H32N2O7S/c1-14(29)35-12-16-13-36-24-26(34-5,23(33)28(24)20(16)22(31)32)27-11-15-10-19(25(2,3)4)21(30)18-9-7-6-8-17(15)18/h10-11,24,30H,6-9,12-13H2,1-5H3,(H,31,32)/t24-,26+/m1/s1. The summed E-state index contributed by atoms with van der Waals surface area (Å²) < 4.78 is 10.6. The first-order chi connectivity index (χ1) is 16.9. The number of phenolic OH excluding ortho intramolecular Hbond substituents is 1. The number of aliphatic imine (C=N–C) groups is 1. The summed E-state index contributed by atoms with van der Waals surface area (Å²) >= 11 is 1.32. The Kier molecular flexibility index (Phi) is 6.96. The number of carbonyl (C=O) groups is 3. The lowest BCUT2D eigenvalue weighted by atomic mass is 9.79. The summed E-state index contributed by atoms with van der Waals surface area (Å²) in [5, 5.41) is 20.1. The number of rotatable bonds is 6. The van der Waals surface area contributed by atoms with Gasteiger partial charge in [-0.15, -0.1) is 11.8 Å². The molecule has 9 nitrogen and oxygen atoms in total. The summed E-state index contributed by atoms with van der Waals surface area (Å²) in [6, 6.07) is 1.93. The molecule has 3 aliphatic rings. The number of ether oxygens (including phenoxy) is 2. The van der Waals surface area contributed by atoms with Crippen molar-refractivity contribution in [3.8, 4) is 5.75 Å². The molecule has 4 rings (SSSR count). The summed E-state index contributed by atoms with van der Waals surface area (Å²) in [6.45, 7) is 7.15. The van der Waals surface area contributed by atoms with E-state index in [-0.39, 0.29) is 23.5 Å². The third kappa shape index (κ3) is 4.30. The minimum Gasteiger partial charge on any atom is -0.507 e. The number of aromatic hydroxyl groups is 1. The van der Waals surface area contributed by atoms with Gasteiger partial charge in [0.1, 0.15) is 23.4 Å². The molecule has 0 aromatic heterocycles. The molecule has 2 N–H and O–H groups in total. The fourth-order valence-corrected chi connectivity index (χ4v) is 6.46. The Labute approximate surface area is 214 Å². The van der Waals surface area contributed by atoms with E-state index >= 15 is 0 Å². The number of fused-ring (bicyclic) bond motifs is 2. The molecule has 0 unspecified atom stereocenters. The van der Waals surface area contributed by atoms with Gasteiger partial charge in [-0.3, -0.25) is 14.5 Å². The number of β-lactam (4-membered cyclic amide) rings is 1. The van der Waals surface area contributed by atoms with Gasteiger partial charge in [0.2, 0.25) is 0 Å². The van der Waals surface area contributed by atoms with Crippen LogP contribution in [0.4, 0.5) is 0 Å². The van der Waals surface area contributed by atoms with E-state index in [1.807, 2.05) is 26.8 Å². The fourth-order valence-electron chi connectivity index (χ4n) is 5.04. The quantitative estimate of drug-likeness (QED) is 0.336. The Morgan fingerprint density at radius 1 is 1.28 bits per heavy atom. The molecule has 1 saturated heterocycles. The van der Waals surface area contributed by atoms with Crippen LogP contribution < -0.4 is 0 Å². The van der Waals surface area contributed by atoms with E-state index in [9.17, 15) is 24.6 Å². The van der Waals surface area contributed by atoms with Crippen molar-refractivity contribution in [2.24, 2.45) is 4.99 Å². The van der Waals surface area contributed by atoms with Gasteiger partial charge in [0.05, 0.1) is 0 Å². The first-order valence-corrected chi connectivity index (χ1v) is 13.0. The average molecular weight is 517 g/mol. The van der Waals surface area contributed by atoms with Gasteiger partial charge in [0, 0.05) is 37.1 Å². The minimum absolute atomic E-state index is 0.190. The maximum absolute atomic E-state index is 13.4. The number of esters is 1. The second kappa shape index (κ2) is 9.55. The number of carbonyl (C=O) groups excluding carboxylic acids is 2. The van der Waals surface area contributed by atoms with Crippen LogP contribution >= 0.6 is 11.8 Å². The molecule has 1 aliphatic carbocycles. The van der Waals surface area contributed by atoms with Gasteiger partial charge < -0.3 is 19.7 Å². The second-order valence-electron chi connectivity index (χ2n) is 10.3. The molecule has 0 saturated carbocycles. The lowest BCUT2D eigenvalue weighted by Gasteiger charge is -2.53. The van der Waals surface area contributed by atoms with Crippen molar-refractivity contribution in [3.63, 3.8) is 0 Å². The van der Waals surface area contributed by atoms with E-state index in [1.165, 1.54) is 30.7 Å². The fraction of sp³-hybridized carbons (Fsp3) is 0.538. The number of nitrogens with zero attached hydrogens (tertiary/aromatic N) is 2. The predicted molar refractivity (Wildman–Crippen MR) is 135 cm³/mol. The van der Waals surface area contributed by atoms with Crippen molar-refractivity contribution in [1.29, 1.82) is 0 Å². The van der Waals surface area contributed by atoms with Crippen molar-refractivity contribution in [1.82, 2.24) is 4.90 Å². The zero-order chi connectivity index (χ0) is 26.4. The van der Waals surface area contributed by atoms with Crippen LogP contribution in [-0.2, 0) is 42.1 Å². The van der Waals surface area contributed by atoms with E-state index in [1.54, 1.807) is 6.21 Å². The van der Waals surface area contributed by atoms with Gasteiger partial charge in [-0.25, -0.2) is 9.79 Å². The van der Waals surface area contributed by atoms with Crippen LogP contribution in [0.3, 0.4) is 0 Å². The third-order valence-corrected chi connectivity index (χ3v) is 8.27. The molecule has 1 aromatic carbocycles. The largest absolute Gasteiger partial charge is 0.507 e. The lowest BCUT2D eigenvalue weighted by molar-refractivity contribution is -0.182. The number of carboxylic acid groups (broad SMARTS) is 1. The summed E-state index contributed by atoms with van der Waals surface area (Å²) in [4.78, 5) is 42.4. The number of thioether (sulfide) groups is 1. The molecule has 0 spiro atoms. The van der Waals surface area contributed by atoms with Crippen molar-refractivity contribution in [2.75, 3.05) is 19.5 Å². The molecular formula is C26H32N2O7S. The Morgan fingerprint density at radius 3 is 2.53 bits per heavy atom. The molecule has 1 aromatic rings. The SMILES string of the molecule is CO[C@@]1(N=Cc2cc(C(C)(C)C)c(O)c3c2CCCC3)C(=O)N2C(C(=O)O)=C(COC(C)=O)CS[C@@H]21. The highest BCUT2D eigenvalue weighted by atomic mass is 32.2. The van der Waals surface area contributed by atoms with E-state index < -0.39 is 28.9 Å². The van der Waals surface area contributed by atoms with Crippen molar-refractivity contribution in [3.05, 3.63) is 39.6 Å². The van der Waals surface area contributed by atoms with E-state index in [0.29, 0.717) is 11.3 Å². The van der Waals surface area contributed by atoms with E-state index in [0.717, 1.165) is 47.9 Å². The molecular weight excluding hydrogens is 484 g/mol. The highest BCUT2D eigenvalue weighted by molar-refractivity contribution is 8.00. The number of hydrogen-bond acceptors (Lipinski definition) is 8. The number of methoxy groups -OCH3 is 1. The number of carboxylic acids is 1. The second-order valence-corrected chi connectivity index (χ2v) is 11.4. The first kappa shape index (κ1) is 26.2. The summed E-state index contributed by atoms with van der Waals surface area (Å²) in [5.41, 5.74) is 1.90. The number of aliphatic carboxylic acids is 1. The highest BCUT2D eigenvalue weighted by Crippen LogP contribution is 2.49. The van der Waals surface area contributed by atoms with Crippen molar-refractivity contribution >= 4 is 35.8 Å². The van der Waals surface area contributed by atoms with Gasteiger partial charge in [-0.05, 0) is 53.9 Å². The predicted octanol–water partition coefficient (Wildman–Crippen LogP) is 3.15. The normalized spacial score (nSPS) is 23.9. The first-order valence-electron chi connectivity index (χ1n) is 11.9. The maximum atomic E-state index is 13.4. The molecule has 0 bridgehead atoms. The number of hydrogen-bond donors (Lipinski definition) is 2. The topological polar surface area (TPSA) is 126 Å². The molecule has 10 heteroatoms. The minimum atomic E-state index is -1.57. The van der Waals surface area contributed by atoms with Crippen LogP contribution in [0.15, 0.2) is 22.3 Å². The maximum Gasteiger partial charge on any atom is 0.352 e. The van der Waals surface area contributed by atoms with Gasteiger partial charge in [-0.2, -0.15) is 0 Å². The molecule has 2 aliphatic heterocycles.